The summed E-state index contributed by atoms with van der Waals surface area (Å²) < 4.78 is 6.03. The topological polar surface area (TPSA) is 97.6 Å². The molecule has 1 saturated heterocycles. The molecule has 0 radical (unpaired) electrons. The van der Waals surface area contributed by atoms with Crippen molar-refractivity contribution in [2.24, 2.45) is 0 Å². The van der Waals surface area contributed by atoms with Crippen molar-refractivity contribution in [3.05, 3.63) is 74.8 Å². The zero-order valence-electron chi connectivity index (χ0n) is 19.0. The van der Waals surface area contributed by atoms with E-state index in [1.54, 1.807) is 19.2 Å². The van der Waals surface area contributed by atoms with Gasteiger partial charge in [-0.3, -0.25) is 19.8 Å². The summed E-state index contributed by atoms with van der Waals surface area (Å²) in [7, 11) is 1.66. The van der Waals surface area contributed by atoms with Crippen LogP contribution in [0.2, 0.25) is 0 Å². The standard InChI is InChI=1S/C24H26N4O4S2/c1-16-15-33-24(25-16)34-22-7-6-18(13-21(22)28(30)31)23(29)26-19-8-10-27(11-9-19)14-17-4-3-5-20(12-17)32-2/h3-7,12-13,15,19H,8-11,14H2,1-2H3,(H,26,29). The number of amides is 1. The fourth-order valence-corrected chi connectivity index (χ4v) is 5.77. The minimum atomic E-state index is -0.448. The van der Waals surface area contributed by atoms with Crippen molar-refractivity contribution < 1.29 is 14.5 Å². The number of nitrogens with one attached hydrogen (secondary N) is 1. The number of rotatable bonds is 8. The Morgan fingerprint density at radius 1 is 1.29 bits per heavy atom. The Balaban J connectivity index is 1.34. The number of piperidine rings is 1. The highest BCUT2D eigenvalue weighted by Gasteiger charge is 2.24. The van der Waals surface area contributed by atoms with Crippen LogP contribution in [0.3, 0.4) is 0 Å². The molecule has 178 valence electrons. The number of hydrogen-bond donors (Lipinski definition) is 1. The number of methoxy groups -OCH3 is 1. The van der Waals surface area contributed by atoms with Gasteiger partial charge in [-0.1, -0.05) is 23.9 Å². The average Bonchev–Trinajstić information content (AvgIpc) is 3.25. The van der Waals surface area contributed by atoms with Crippen LogP contribution in [-0.2, 0) is 6.54 Å². The molecular formula is C24H26N4O4S2. The molecule has 3 aromatic rings. The summed E-state index contributed by atoms with van der Waals surface area (Å²) >= 11 is 2.68. The van der Waals surface area contributed by atoms with Gasteiger partial charge in [0.15, 0.2) is 4.34 Å². The van der Waals surface area contributed by atoms with Gasteiger partial charge in [0.2, 0.25) is 0 Å². The quantitative estimate of drug-likeness (QED) is 0.348. The van der Waals surface area contributed by atoms with Crippen LogP contribution in [0.15, 0.2) is 57.1 Å². The molecule has 0 aliphatic carbocycles. The number of ether oxygens (including phenoxy) is 1. The van der Waals surface area contributed by atoms with E-state index < -0.39 is 4.92 Å². The lowest BCUT2D eigenvalue weighted by Crippen LogP contribution is -2.44. The molecule has 10 heteroatoms. The van der Waals surface area contributed by atoms with Crippen molar-refractivity contribution in [1.82, 2.24) is 15.2 Å². The first kappa shape index (κ1) is 24.2. The second-order valence-corrected chi connectivity index (χ2v) is 10.3. The number of benzene rings is 2. The molecular weight excluding hydrogens is 472 g/mol. The van der Waals surface area contributed by atoms with Gasteiger partial charge in [-0.05, 0) is 49.6 Å². The molecule has 8 nitrogen and oxygen atoms in total. The van der Waals surface area contributed by atoms with Crippen LogP contribution >= 0.6 is 23.1 Å². The van der Waals surface area contributed by atoms with Crippen LogP contribution in [0, 0.1) is 17.0 Å². The fourth-order valence-electron chi connectivity index (χ4n) is 3.89. The van der Waals surface area contributed by atoms with Gasteiger partial charge in [0.25, 0.3) is 11.6 Å². The number of hydrogen-bond acceptors (Lipinski definition) is 8. The molecule has 0 bridgehead atoms. The predicted molar refractivity (Wildman–Crippen MR) is 133 cm³/mol. The summed E-state index contributed by atoms with van der Waals surface area (Å²) in [6, 6.07) is 12.7. The summed E-state index contributed by atoms with van der Waals surface area (Å²) in [6.07, 6.45) is 1.66. The van der Waals surface area contributed by atoms with Crippen molar-refractivity contribution in [1.29, 1.82) is 0 Å². The number of aryl methyl sites for hydroxylation is 1. The molecule has 34 heavy (non-hydrogen) atoms. The molecule has 1 aromatic heterocycles. The van der Waals surface area contributed by atoms with Crippen molar-refractivity contribution in [3.8, 4) is 5.75 Å². The molecule has 1 amide bonds. The van der Waals surface area contributed by atoms with Crippen LogP contribution in [0.4, 0.5) is 5.69 Å². The number of thiazole rings is 1. The van der Waals surface area contributed by atoms with E-state index in [1.807, 2.05) is 30.5 Å². The molecule has 0 saturated carbocycles. The molecule has 0 unspecified atom stereocenters. The fraction of sp³-hybridized carbons (Fsp3) is 0.333. The minimum absolute atomic E-state index is 0.0421. The van der Waals surface area contributed by atoms with Crippen LogP contribution in [0.5, 0.6) is 5.75 Å². The third kappa shape index (κ3) is 6.13. The predicted octanol–water partition coefficient (Wildman–Crippen LogP) is 4.91. The van der Waals surface area contributed by atoms with Gasteiger partial charge < -0.3 is 10.1 Å². The molecule has 1 N–H and O–H groups in total. The zero-order valence-corrected chi connectivity index (χ0v) is 20.7. The van der Waals surface area contributed by atoms with E-state index in [4.69, 9.17) is 4.74 Å². The second kappa shape index (κ2) is 11.0. The summed E-state index contributed by atoms with van der Waals surface area (Å²) in [5, 5.41) is 16.6. The molecule has 2 aromatic carbocycles. The summed E-state index contributed by atoms with van der Waals surface area (Å²) in [5.41, 5.74) is 2.28. The first-order valence-corrected chi connectivity index (χ1v) is 12.7. The molecule has 1 aliphatic rings. The second-order valence-electron chi connectivity index (χ2n) is 8.17. The molecule has 0 atom stereocenters. The largest absolute Gasteiger partial charge is 0.497 e. The van der Waals surface area contributed by atoms with Crippen LogP contribution in [0.1, 0.15) is 34.5 Å². The van der Waals surface area contributed by atoms with Gasteiger partial charge in [0, 0.05) is 48.4 Å². The van der Waals surface area contributed by atoms with Crippen LogP contribution < -0.4 is 10.1 Å². The van der Waals surface area contributed by atoms with Crippen molar-refractivity contribution in [2.75, 3.05) is 20.2 Å². The van der Waals surface area contributed by atoms with Crippen molar-refractivity contribution in [2.45, 2.75) is 41.6 Å². The Kier molecular flexibility index (Phi) is 7.81. The molecule has 2 heterocycles. The Morgan fingerprint density at radius 2 is 2.09 bits per heavy atom. The van der Waals surface area contributed by atoms with Crippen molar-refractivity contribution in [3.63, 3.8) is 0 Å². The average molecular weight is 499 g/mol. The van der Waals surface area contributed by atoms with Gasteiger partial charge >= 0.3 is 0 Å². The monoisotopic (exact) mass is 498 g/mol. The number of aromatic nitrogens is 1. The smallest absolute Gasteiger partial charge is 0.284 e. The first-order valence-electron chi connectivity index (χ1n) is 11.0. The van der Waals surface area contributed by atoms with E-state index in [0.717, 1.165) is 48.3 Å². The summed E-state index contributed by atoms with van der Waals surface area (Å²) in [4.78, 5) is 31.2. The normalized spacial score (nSPS) is 14.6. The van der Waals surface area contributed by atoms with E-state index in [2.05, 4.69) is 21.3 Å². The van der Waals surface area contributed by atoms with E-state index in [9.17, 15) is 14.9 Å². The highest BCUT2D eigenvalue weighted by Crippen LogP contribution is 2.36. The number of nitro groups is 1. The van der Waals surface area contributed by atoms with Gasteiger partial charge in [-0.2, -0.15) is 0 Å². The molecule has 1 fully saturated rings. The lowest BCUT2D eigenvalue weighted by atomic mass is 10.0. The lowest BCUT2D eigenvalue weighted by molar-refractivity contribution is -0.387. The third-order valence-electron chi connectivity index (χ3n) is 5.68. The van der Waals surface area contributed by atoms with Crippen LogP contribution in [0.25, 0.3) is 0 Å². The maximum Gasteiger partial charge on any atom is 0.284 e. The Hall–Kier alpha value is -2.95. The SMILES string of the molecule is COc1cccc(CN2CCC(NC(=O)c3ccc(Sc4nc(C)cs4)c([N+](=O)[O-])c3)CC2)c1. The molecule has 0 spiro atoms. The van der Waals surface area contributed by atoms with E-state index in [-0.39, 0.29) is 17.6 Å². The lowest BCUT2D eigenvalue weighted by Gasteiger charge is -2.32. The number of carbonyl (C=O) groups is 1. The third-order valence-corrected chi connectivity index (χ3v) is 7.80. The van der Waals surface area contributed by atoms with Gasteiger partial charge in [0.1, 0.15) is 5.75 Å². The van der Waals surface area contributed by atoms with Gasteiger partial charge in [-0.15, -0.1) is 11.3 Å². The van der Waals surface area contributed by atoms with Gasteiger partial charge in [-0.25, -0.2) is 4.98 Å². The maximum absolute atomic E-state index is 12.8. The van der Waals surface area contributed by atoms with E-state index in [1.165, 1.54) is 34.7 Å². The highest BCUT2D eigenvalue weighted by molar-refractivity contribution is 8.01. The number of nitrogens with zero attached hydrogens (tertiary/aromatic N) is 3. The molecule has 1 aliphatic heterocycles. The van der Waals surface area contributed by atoms with E-state index in [0.29, 0.717) is 10.5 Å². The summed E-state index contributed by atoms with van der Waals surface area (Å²) in [5.74, 6) is 0.566. The molecule has 4 rings (SSSR count). The van der Waals surface area contributed by atoms with Crippen molar-refractivity contribution >= 4 is 34.7 Å². The number of nitro benzene ring substituents is 1. The Morgan fingerprint density at radius 3 is 2.76 bits per heavy atom. The zero-order chi connectivity index (χ0) is 24.1. The Bertz CT molecular complexity index is 1180. The summed E-state index contributed by atoms with van der Waals surface area (Å²) in [6.45, 7) is 4.45. The highest BCUT2D eigenvalue weighted by atomic mass is 32.2. The number of likely N-dealkylation sites (tertiary alicyclic amines) is 1. The Labute approximate surface area is 206 Å². The minimum Gasteiger partial charge on any atom is -0.497 e. The van der Waals surface area contributed by atoms with Crippen LogP contribution in [-0.4, -0.2) is 47.0 Å². The van der Waals surface area contributed by atoms with E-state index >= 15 is 0 Å². The van der Waals surface area contributed by atoms with Gasteiger partial charge in [0.05, 0.1) is 16.9 Å². The first-order chi connectivity index (χ1) is 16.4. The maximum atomic E-state index is 12.8. The number of carbonyl (C=O) groups excluding carboxylic acids is 1.